The molecule has 2 unspecified atom stereocenters. The number of carbonyl (C=O) groups excluding carboxylic acids is 2. The first-order valence-corrected chi connectivity index (χ1v) is 8.08. The van der Waals surface area contributed by atoms with E-state index in [0.717, 1.165) is 19.3 Å². The van der Waals surface area contributed by atoms with Gasteiger partial charge in [0.25, 0.3) is 0 Å². The number of rotatable bonds is 4. The number of carbonyl (C=O) groups is 2. The number of nitrogens with one attached hydrogen (secondary N) is 1. The maximum atomic E-state index is 12.2. The van der Waals surface area contributed by atoms with Crippen molar-refractivity contribution < 1.29 is 19.1 Å². The summed E-state index contributed by atoms with van der Waals surface area (Å²) in [5.41, 5.74) is -0.496. The Balaban J connectivity index is 2.65. The van der Waals surface area contributed by atoms with Crippen molar-refractivity contribution in [3.05, 3.63) is 0 Å². The Kier molecular flexibility index (Phi) is 7.13. The first kappa shape index (κ1) is 18.7. The lowest BCUT2D eigenvalue weighted by Crippen LogP contribution is -2.49. The molecule has 1 aliphatic heterocycles. The monoisotopic (exact) mass is 314 g/mol. The van der Waals surface area contributed by atoms with Crippen LogP contribution in [0.25, 0.3) is 0 Å². The standard InChI is InChI=1S/C16H30N2O4/c1-6-13(14(19)21-5)17-12-9-7-8-10-18(11-12)15(20)22-16(2,3)4/h12-13,17H,6-11H2,1-5H3. The fourth-order valence-corrected chi connectivity index (χ4v) is 2.55. The minimum absolute atomic E-state index is 0.0825. The topological polar surface area (TPSA) is 67.9 Å². The molecule has 0 aliphatic carbocycles. The number of esters is 1. The fraction of sp³-hybridized carbons (Fsp3) is 0.875. The lowest BCUT2D eigenvalue weighted by Gasteiger charge is -2.29. The van der Waals surface area contributed by atoms with Gasteiger partial charge in [-0.3, -0.25) is 10.1 Å². The van der Waals surface area contributed by atoms with E-state index in [1.165, 1.54) is 7.11 Å². The van der Waals surface area contributed by atoms with E-state index >= 15 is 0 Å². The third kappa shape index (κ3) is 6.22. The summed E-state index contributed by atoms with van der Waals surface area (Å²) in [4.78, 5) is 25.7. The molecule has 0 aromatic heterocycles. The van der Waals surface area contributed by atoms with Gasteiger partial charge >= 0.3 is 12.1 Å². The second-order valence-corrected chi connectivity index (χ2v) is 6.77. The highest BCUT2D eigenvalue weighted by atomic mass is 16.6. The van der Waals surface area contributed by atoms with Gasteiger partial charge in [0.1, 0.15) is 11.6 Å². The molecule has 0 aromatic rings. The van der Waals surface area contributed by atoms with Crippen LogP contribution in [0.4, 0.5) is 4.79 Å². The molecule has 1 amide bonds. The van der Waals surface area contributed by atoms with Gasteiger partial charge in [-0.2, -0.15) is 0 Å². The van der Waals surface area contributed by atoms with Gasteiger partial charge in [0.2, 0.25) is 0 Å². The van der Waals surface area contributed by atoms with Crippen LogP contribution in [-0.2, 0) is 14.3 Å². The van der Waals surface area contributed by atoms with E-state index in [1.54, 1.807) is 4.90 Å². The zero-order valence-corrected chi connectivity index (χ0v) is 14.5. The Hall–Kier alpha value is -1.30. The molecule has 128 valence electrons. The molecule has 1 rings (SSSR count). The van der Waals surface area contributed by atoms with E-state index in [4.69, 9.17) is 9.47 Å². The molecular weight excluding hydrogens is 284 g/mol. The Bertz CT molecular complexity index is 379. The second-order valence-electron chi connectivity index (χ2n) is 6.77. The number of nitrogens with zero attached hydrogens (tertiary/aromatic N) is 1. The van der Waals surface area contributed by atoms with Crippen LogP contribution in [0.5, 0.6) is 0 Å². The number of likely N-dealkylation sites (tertiary alicyclic amines) is 1. The first-order chi connectivity index (χ1) is 10.3. The number of hydrogen-bond donors (Lipinski definition) is 1. The minimum Gasteiger partial charge on any atom is -0.468 e. The number of amides is 1. The molecule has 0 bridgehead atoms. The average Bonchev–Trinajstić information content (AvgIpc) is 2.67. The van der Waals surface area contributed by atoms with Crippen LogP contribution in [-0.4, -0.2) is 54.8 Å². The Morgan fingerprint density at radius 3 is 2.55 bits per heavy atom. The summed E-state index contributed by atoms with van der Waals surface area (Å²) < 4.78 is 10.3. The highest BCUT2D eigenvalue weighted by Gasteiger charge is 2.28. The molecule has 0 saturated carbocycles. The van der Waals surface area contributed by atoms with Gasteiger partial charge in [-0.05, 0) is 40.0 Å². The van der Waals surface area contributed by atoms with Gasteiger partial charge in [0.15, 0.2) is 0 Å². The minimum atomic E-state index is -0.496. The zero-order chi connectivity index (χ0) is 16.8. The SMILES string of the molecule is CCC(NC1CCCCN(C(=O)OC(C)(C)C)C1)C(=O)OC. The third-order valence-electron chi connectivity index (χ3n) is 3.65. The molecular formula is C16H30N2O4. The lowest BCUT2D eigenvalue weighted by molar-refractivity contribution is -0.143. The first-order valence-electron chi connectivity index (χ1n) is 8.08. The largest absolute Gasteiger partial charge is 0.468 e. The molecule has 1 aliphatic rings. The van der Waals surface area contributed by atoms with Crippen molar-refractivity contribution in [2.75, 3.05) is 20.2 Å². The normalized spacial score (nSPS) is 21.0. The lowest BCUT2D eigenvalue weighted by atomic mass is 10.1. The molecule has 1 fully saturated rings. The summed E-state index contributed by atoms with van der Waals surface area (Å²) in [6.45, 7) is 8.79. The van der Waals surface area contributed by atoms with Crippen molar-refractivity contribution in [3.8, 4) is 0 Å². The molecule has 1 saturated heterocycles. The van der Waals surface area contributed by atoms with Crippen LogP contribution in [0.15, 0.2) is 0 Å². The summed E-state index contributed by atoms with van der Waals surface area (Å²) in [7, 11) is 1.40. The Labute approximate surface area is 133 Å². The predicted molar refractivity (Wildman–Crippen MR) is 84.7 cm³/mol. The van der Waals surface area contributed by atoms with E-state index in [-0.39, 0.29) is 24.1 Å². The van der Waals surface area contributed by atoms with E-state index in [1.807, 2.05) is 27.7 Å². The predicted octanol–water partition coefficient (Wildman–Crippen LogP) is 2.32. The van der Waals surface area contributed by atoms with Gasteiger partial charge in [-0.15, -0.1) is 0 Å². The number of methoxy groups -OCH3 is 1. The van der Waals surface area contributed by atoms with Crippen molar-refractivity contribution in [1.29, 1.82) is 0 Å². The van der Waals surface area contributed by atoms with E-state index in [2.05, 4.69) is 5.32 Å². The van der Waals surface area contributed by atoms with Crippen LogP contribution in [0.3, 0.4) is 0 Å². The van der Waals surface area contributed by atoms with Crippen LogP contribution in [0.2, 0.25) is 0 Å². The van der Waals surface area contributed by atoms with Crippen molar-refractivity contribution >= 4 is 12.1 Å². The van der Waals surface area contributed by atoms with Crippen molar-refractivity contribution in [2.24, 2.45) is 0 Å². The summed E-state index contributed by atoms with van der Waals surface area (Å²) in [6.07, 6.45) is 3.29. The molecule has 6 heteroatoms. The molecule has 0 radical (unpaired) electrons. The van der Waals surface area contributed by atoms with Crippen LogP contribution in [0, 0.1) is 0 Å². The summed E-state index contributed by atoms with van der Waals surface area (Å²) in [5.74, 6) is -0.254. The van der Waals surface area contributed by atoms with E-state index < -0.39 is 5.60 Å². The van der Waals surface area contributed by atoms with E-state index in [0.29, 0.717) is 19.5 Å². The number of hydrogen-bond acceptors (Lipinski definition) is 5. The van der Waals surface area contributed by atoms with Gasteiger partial charge in [-0.1, -0.05) is 13.3 Å². The molecule has 1 heterocycles. The summed E-state index contributed by atoms with van der Waals surface area (Å²) >= 11 is 0. The quantitative estimate of drug-likeness (QED) is 0.807. The van der Waals surface area contributed by atoms with Crippen LogP contribution < -0.4 is 5.32 Å². The molecule has 2 atom stereocenters. The summed E-state index contributed by atoms with van der Waals surface area (Å²) in [5, 5.41) is 3.32. The van der Waals surface area contributed by atoms with Gasteiger partial charge in [0, 0.05) is 19.1 Å². The number of ether oxygens (including phenoxy) is 2. The van der Waals surface area contributed by atoms with Gasteiger partial charge < -0.3 is 14.4 Å². The van der Waals surface area contributed by atoms with Gasteiger partial charge in [-0.25, -0.2) is 4.79 Å². The van der Waals surface area contributed by atoms with E-state index in [9.17, 15) is 9.59 Å². The molecule has 6 nitrogen and oxygen atoms in total. The summed E-state index contributed by atoms with van der Waals surface area (Å²) in [6, 6.07) is -0.243. The Morgan fingerprint density at radius 1 is 1.32 bits per heavy atom. The molecule has 1 N–H and O–H groups in total. The molecule has 0 spiro atoms. The third-order valence-corrected chi connectivity index (χ3v) is 3.65. The fourth-order valence-electron chi connectivity index (χ4n) is 2.55. The van der Waals surface area contributed by atoms with Crippen LogP contribution in [0.1, 0.15) is 53.4 Å². The molecule has 22 heavy (non-hydrogen) atoms. The Morgan fingerprint density at radius 2 is 2.00 bits per heavy atom. The molecule has 0 aromatic carbocycles. The average molecular weight is 314 g/mol. The maximum Gasteiger partial charge on any atom is 0.410 e. The van der Waals surface area contributed by atoms with Gasteiger partial charge in [0.05, 0.1) is 7.11 Å². The highest BCUT2D eigenvalue weighted by molar-refractivity contribution is 5.75. The van der Waals surface area contributed by atoms with Crippen LogP contribution >= 0.6 is 0 Å². The van der Waals surface area contributed by atoms with Crippen molar-refractivity contribution in [1.82, 2.24) is 10.2 Å². The maximum absolute atomic E-state index is 12.2. The van der Waals surface area contributed by atoms with Crippen molar-refractivity contribution in [2.45, 2.75) is 71.1 Å². The zero-order valence-electron chi connectivity index (χ0n) is 14.5. The second kappa shape index (κ2) is 8.36. The highest BCUT2D eigenvalue weighted by Crippen LogP contribution is 2.16. The van der Waals surface area contributed by atoms with Crippen molar-refractivity contribution in [3.63, 3.8) is 0 Å². The smallest absolute Gasteiger partial charge is 0.410 e.